The maximum Gasteiger partial charge on any atom is 0.244 e. The highest BCUT2D eigenvalue weighted by molar-refractivity contribution is 7.89. The van der Waals surface area contributed by atoms with Crippen LogP contribution < -0.4 is 10.0 Å². The van der Waals surface area contributed by atoms with E-state index in [-0.39, 0.29) is 4.90 Å². The Labute approximate surface area is 108 Å². The lowest BCUT2D eigenvalue weighted by molar-refractivity contribution is 0.375. The van der Waals surface area contributed by atoms with Crippen molar-refractivity contribution in [2.24, 2.45) is 5.92 Å². The standard InChI is InChI=1S/C12H20N2O3S/c1-9-6-12(10(2)17-9)18(15,16)14-8-11-4-3-5-13-7-11/h6,11,13-14H,3-5,7-8H2,1-2H3. The van der Waals surface area contributed by atoms with Crippen LogP contribution in [0.25, 0.3) is 0 Å². The third kappa shape index (κ3) is 3.13. The number of sulfonamides is 1. The van der Waals surface area contributed by atoms with Crippen molar-refractivity contribution in [3.8, 4) is 0 Å². The Morgan fingerprint density at radius 1 is 1.50 bits per heavy atom. The third-order valence-electron chi connectivity index (χ3n) is 3.25. The second kappa shape index (κ2) is 5.42. The van der Waals surface area contributed by atoms with Crippen LogP contribution in [-0.2, 0) is 10.0 Å². The molecule has 0 spiro atoms. The third-order valence-corrected chi connectivity index (χ3v) is 4.78. The predicted molar refractivity (Wildman–Crippen MR) is 69.0 cm³/mol. The lowest BCUT2D eigenvalue weighted by Crippen LogP contribution is -2.38. The largest absolute Gasteiger partial charge is 0.465 e. The molecule has 0 aliphatic carbocycles. The molecule has 1 aromatic heterocycles. The van der Waals surface area contributed by atoms with Crippen LogP contribution in [0.1, 0.15) is 24.4 Å². The summed E-state index contributed by atoms with van der Waals surface area (Å²) in [4.78, 5) is 0.253. The number of furan rings is 1. The first-order valence-corrected chi connectivity index (χ1v) is 7.75. The predicted octanol–water partition coefficient (Wildman–Crippen LogP) is 1.17. The van der Waals surface area contributed by atoms with Crippen LogP contribution in [0.15, 0.2) is 15.4 Å². The van der Waals surface area contributed by atoms with Gasteiger partial charge in [0.15, 0.2) is 0 Å². The molecule has 5 nitrogen and oxygen atoms in total. The minimum atomic E-state index is -3.44. The van der Waals surface area contributed by atoms with E-state index in [0.29, 0.717) is 24.0 Å². The number of hydrogen-bond donors (Lipinski definition) is 2. The van der Waals surface area contributed by atoms with Gasteiger partial charge in [-0.15, -0.1) is 0 Å². The first kappa shape index (κ1) is 13.6. The first-order chi connectivity index (χ1) is 8.49. The molecule has 0 radical (unpaired) electrons. The van der Waals surface area contributed by atoms with Crippen molar-refractivity contribution in [2.75, 3.05) is 19.6 Å². The molecule has 1 aliphatic rings. The summed E-state index contributed by atoms with van der Waals surface area (Å²) in [7, 11) is -3.44. The number of hydrogen-bond acceptors (Lipinski definition) is 4. The lowest BCUT2D eigenvalue weighted by Gasteiger charge is -2.22. The van der Waals surface area contributed by atoms with Crippen molar-refractivity contribution >= 4 is 10.0 Å². The minimum absolute atomic E-state index is 0.253. The fourth-order valence-electron chi connectivity index (χ4n) is 2.28. The highest BCUT2D eigenvalue weighted by Gasteiger charge is 2.22. The summed E-state index contributed by atoms with van der Waals surface area (Å²) in [6.07, 6.45) is 2.18. The fraction of sp³-hybridized carbons (Fsp3) is 0.667. The number of rotatable bonds is 4. The number of piperidine rings is 1. The average molecular weight is 272 g/mol. The Bertz CT molecular complexity index is 501. The normalized spacial score (nSPS) is 21.1. The van der Waals surface area contributed by atoms with E-state index in [4.69, 9.17) is 4.42 Å². The topological polar surface area (TPSA) is 71.3 Å². The Balaban J connectivity index is 2.01. The van der Waals surface area contributed by atoms with Crippen molar-refractivity contribution in [3.05, 3.63) is 17.6 Å². The van der Waals surface area contributed by atoms with Gasteiger partial charge in [-0.05, 0) is 51.8 Å². The summed E-state index contributed by atoms with van der Waals surface area (Å²) in [5.41, 5.74) is 0. The summed E-state index contributed by atoms with van der Waals surface area (Å²) in [5, 5.41) is 3.27. The summed E-state index contributed by atoms with van der Waals surface area (Å²) in [6, 6.07) is 1.57. The Morgan fingerprint density at radius 2 is 2.28 bits per heavy atom. The highest BCUT2D eigenvalue weighted by Crippen LogP contribution is 2.19. The Hall–Kier alpha value is -0.850. The molecule has 102 valence electrons. The van der Waals surface area contributed by atoms with E-state index in [1.165, 1.54) is 0 Å². The minimum Gasteiger partial charge on any atom is -0.465 e. The van der Waals surface area contributed by atoms with Gasteiger partial charge in [-0.25, -0.2) is 13.1 Å². The van der Waals surface area contributed by atoms with Crippen molar-refractivity contribution in [1.29, 1.82) is 0 Å². The van der Waals surface area contributed by atoms with Gasteiger partial charge in [0, 0.05) is 6.54 Å². The van der Waals surface area contributed by atoms with E-state index in [9.17, 15) is 8.42 Å². The van der Waals surface area contributed by atoms with E-state index < -0.39 is 10.0 Å². The molecular weight excluding hydrogens is 252 g/mol. The van der Waals surface area contributed by atoms with Gasteiger partial charge in [-0.1, -0.05) is 0 Å². The van der Waals surface area contributed by atoms with E-state index in [1.54, 1.807) is 19.9 Å². The van der Waals surface area contributed by atoms with Crippen LogP contribution in [-0.4, -0.2) is 28.1 Å². The van der Waals surface area contributed by atoms with Gasteiger partial charge in [0.05, 0.1) is 0 Å². The average Bonchev–Trinajstić information content (AvgIpc) is 2.68. The fourth-order valence-corrected chi connectivity index (χ4v) is 3.63. The molecule has 1 unspecified atom stereocenters. The quantitative estimate of drug-likeness (QED) is 0.863. The van der Waals surface area contributed by atoms with E-state index in [1.807, 2.05) is 0 Å². The number of nitrogens with one attached hydrogen (secondary N) is 2. The SMILES string of the molecule is Cc1cc(S(=O)(=O)NCC2CCCNC2)c(C)o1. The van der Waals surface area contributed by atoms with Crippen LogP contribution >= 0.6 is 0 Å². The summed E-state index contributed by atoms with van der Waals surface area (Å²) < 4.78 is 32.2. The van der Waals surface area contributed by atoms with Crippen molar-refractivity contribution in [3.63, 3.8) is 0 Å². The molecule has 1 aromatic rings. The summed E-state index contributed by atoms with van der Waals surface area (Å²) in [5.74, 6) is 1.44. The highest BCUT2D eigenvalue weighted by atomic mass is 32.2. The molecule has 2 rings (SSSR count). The monoisotopic (exact) mass is 272 g/mol. The van der Waals surface area contributed by atoms with Crippen molar-refractivity contribution in [2.45, 2.75) is 31.6 Å². The Morgan fingerprint density at radius 3 is 2.83 bits per heavy atom. The molecule has 1 fully saturated rings. The molecule has 2 heterocycles. The van der Waals surface area contributed by atoms with Crippen LogP contribution in [0.5, 0.6) is 0 Å². The second-order valence-corrected chi connectivity index (χ2v) is 6.58. The molecule has 18 heavy (non-hydrogen) atoms. The smallest absolute Gasteiger partial charge is 0.244 e. The summed E-state index contributed by atoms with van der Waals surface area (Å²) >= 11 is 0. The van der Waals surface area contributed by atoms with Gasteiger partial charge in [0.1, 0.15) is 16.4 Å². The lowest BCUT2D eigenvalue weighted by atomic mass is 10.0. The second-order valence-electron chi connectivity index (χ2n) is 4.84. The van der Waals surface area contributed by atoms with Crippen molar-refractivity contribution in [1.82, 2.24) is 10.0 Å². The van der Waals surface area contributed by atoms with Crippen LogP contribution in [0.4, 0.5) is 0 Å². The molecular formula is C12H20N2O3S. The van der Waals surface area contributed by atoms with Gasteiger partial charge in [0.25, 0.3) is 0 Å². The zero-order valence-corrected chi connectivity index (χ0v) is 11.6. The maximum atomic E-state index is 12.1. The van der Waals surface area contributed by atoms with Crippen molar-refractivity contribution < 1.29 is 12.8 Å². The van der Waals surface area contributed by atoms with Gasteiger partial charge in [0.2, 0.25) is 10.0 Å². The van der Waals surface area contributed by atoms with E-state index in [0.717, 1.165) is 25.9 Å². The van der Waals surface area contributed by atoms with Gasteiger partial charge in [-0.3, -0.25) is 0 Å². The maximum absolute atomic E-state index is 12.1. The molecule has 0 bridgehead atoms. The van der Waals surface area contributed by atoms with E-state index in [2.05, 4.69) is 10.0 Å². The Kier molecular flexibility index (Phi) is 4.09. The molecule has 0 aromatic carbocycles. The zero-order valence-electron chi connectivity index (χ0n) is 10.8. The number of aryl methyl sites for hydroxylation is 2. The zero-order chi connectivity index (χ0) is 13.2. The van der Waals surface area contributed by atoms with Gasteiger partial charge in [-0.2, -0.15) is 0 Å². The molecule has 1 aliphatic heterocycles. The molecule has 0 saturated carbocycles. The molecule has 6 heteroatoms. The van der Waals surface area contributed by atoms with Crippen LogP contribution in [0.2, 0.25) is 0 Å². The molecule has 2 N–H and O–H groups in total. The van der Waals surface area contributed by atoms with Gasteiger partial charge >= 0.3 is 0 Å². The first-order valence-electron chi connectivity index (χ1n) is 6.26. The van der Waals surface area contributed by atoms with Gasteiger partial charge < -0.3 is 9.73 Å². The van der Waals surface area contributed by atoms with Crippen LogP contribution in [0, 0.1) is 19.8 Å². The molecule has 0 amide bonds. The molecule has 1 atom stereocenters. The molecule has 1 saturated heterocycles. The van der Waals surface area contributed by atoms with E-state index >= 15 is 0 Å². The summed E-state index contributed by atoms with van der Waals surface area (Å²) in [6.45, 7) is 5.81. The van der Waals surface area contributed by atoms with Crippen LogP contribution in [0.3, 0.4) is 0 Å².